The van der Waals surface area contributed by atoms with Gasteiger partial charge in [0.05, 0.1) is 11.7 Å². The number of nitrogens with one attached hydrogen (secondary N) is 3. The maximum Gasteiger partial charge on any atom is 1.00 e. The first-order valence-electron chi connectivity index (χ1n) is 11.5. The van der Waals surface area contributed by atoms with Crippen molar-refractivity contribution in [3.63, 3.8) is 0 Å². The summed E-state index contributed by atoms with van der Waals surface area (Å²) in [5, 5.41) is 19.2. The van der Waals surface area contributed by atoms with Gasteiger partial charge in [0.25, 0.3) is 11.8 Å². The number of likely N-dealkylation sites (N-methyl/N-ethyl adjacent to an activating group) is 1. The molecule has 2 amide bonds. The molecule has 184 valence electrons. The fraction of sp³-hybridized carbons (Fsp3) is 0.417. The molecule has 2 aliphatic rings. The second-order valence-corrected chi connectivity index (χ2v) is 10.8. The van der Waals surface area contributed by atoms with Gasteiger partial charge in [-0.2, -0.15) is 0 Å². The third-order valence-corrected chi connectivity index (χ3v) is 8.08. The topological polar surface area (TPSA) is 130 Å². The van der Waals surface area contributed by atoms with E-state index in [9.17, 15) is 19.5 Å². The SMILES string of the molecule is CN1CCc2nc(C(=O)N[C@H]3CC[C@@H](C(=O)[O-])C[C@H]3NC(=O)c3cc4cc(Cl)ccc4[nH]3)sc2C1.[Li+]. The van der Waals surface area contributed by atoms with E-state index in [-0.39, 0.29) is 37.1 Å². The standard InChI is InChI=1S/C24H26ClN5O4S.Li/c1-30-7-6-17-20(11-30)35-23(29-17)22(32)27-16-4-2-12(24(33)34)9-18(16)28-21(31)19-10-13-8-14(25)3-5-15(13)26-19;/h3,5,8,10,12,16,18,26H,2,4,6-7,9,11H2,1H3,(H,27,32)(H,28,31)(H,33,34);/q;+1/p-1/t12-,16+,18-;/m1./s1. The summed E-state index contributed by atoms with van der Waals surface area (Å²) >= 11 is 7.43. The number of hydrogen-bond donors (Lipinski definition) is 3. The van der Waals surface area contributed by atoms with Gasteiger partial charge in [0.2, 0.25) is 0 Å². The van der Waals surface area contributed by atoms with Gasteiger partial charge >= 0.3 is 18.9 Å². The maximum absolute atomic E-state index is 13.0. The predicted octanol–water partition coefficient (Wildman–Crippen LogP) is -1.28. The van der Waals surface area contributed by atoms with Crippen molar-refractivity contribution in [3.05, 3.63) is 50.6 Å². The van der Waals surface area contributed by atoms with Gasteiger partial charge in [-0.3, -0.25) is 9.59 Å². The van der Waals surface area contributed by atoms with E-state index in [1.807, 2.05) is 7.05 Å². The summed E-state index contributed by atoms with van der Waals surface area (Å²) in [6, 6.07) is 5.97. The zero-order valence-corrected chi connectivity index (χ0v) is 21.7. The van der Waals surface area contributed by atoms with E-state index in [0.29, 0.717) is 28.6 Å². The van der Waals surface area contributed by atoms with Crippen LogP contribution in [0.15, 0.2) is 24.3 Å². The number of nitrogens with zero attached hydrogens (tertiary/aromatic N) is 2. The Morgan fingerprint density at radius 3 is 2.72 bits per heavy atom. The largest absolute Gasteiger partial charge is 1.00 e. The number of carbonyl (C=O) groups excluding carboxylic acids is 3. The Kier molecular flexibility index (Phi) is 8.12. The van der Waals surface area contributed by atoms with Crippen LogP contribution >= 0.6 is 22.9 Å². The van der Waals surface area contributed by atoms with Crippen LogP contribution in [0.25, 0.3) is 10.9 Å². The summed E-state index contributed by atoms with van der Waals surface area (Å²) in [6.45, 7) is 1.67. The molecule has 3 atom stereocenters. The number of amides is 2. The molecular weight excluding hydrogens is 497 g/mol. The summed E-state index contributed by atoms with van der Waals surface area (Å²) in [5.74, 6) is -2.53. The predicted molar refractivity (Wildman–Crippen MR) is 130 cm³/mol. The van der Waals surface area contributed by atoms with E-state index in [1.165, 1.54) is 11.3 Å². The van der Waals surface area contributed by atoms with Crippen LogP contribution in [0.2, 0.25) is 5.02 Å². The Morgan fingerprint density at radius 2 is 1.94 bits per heavy atom. The van der Waals surface area contributed by atoms with E-state index in [4.69, 9.17) is 11.6 Å². The Bertz CT molecular complexity index is 1310. The van der Waals surface area contributed by atoms with E-state index in [1.54, 1.807) is 24.3 Å². The number of fused-ring (bicyclic) bond motifs is 2. The van der Waals surface area contributed by atoms with Crippen LogP contribution in [0.5, 0.6) is 0 Å². The molecule has 0 saturated heterocycles. The Morgan fingerprint density at radius 1 is 1.17 bits per heavy atom. The second-order valence-electron chi connectivity index (χ2n) is 9.28. The van der Waals surface area contributed by atoms with Gasteiger partial charge in [-0.15, -0.1) is 11.3 Å². The van der Waals surface area contributed by atoms with Gasteiger partial charge in [0.1, 0.15) is 5.69 Å². The number of thiazole rings is 1. The van der Waals surface area contributed by atoms with Crippen molar-refractivity contribution in [3.8, 4) is 0 Å². The second kappa shape index (κ2) is 10.9. The first kappa shape index (κ1) is 26.7. The number of carbonyl (C=O) groups is 3. The van der Waals surface area contributed by atoms with Crippen LogP contribution in [-0.4, -0.2) is 58.3 Å². The minimum Gasteiger partial charge on any atom is -0.550 e. The number of carboxylic acid groups (broad SMARTS) is 1. The zero-order valence-electron chi connectivity index (χ0n) is 20.1. The van der Waals surface area contributed by atoms with Crippen molar-refractivity contribution in [2.75, 3.05) is 13.6 Å². The summed E-state index contributed by atoms with van der Waals surface area (Å²) in [5.41, 5.74) is 2.06. The third kappa shape index (κ3) is 5.63. The molecule has 1 aromatic carbocycles. The van der Waals surface area contributed by atoms with E-state index >= 15 is 0 Å². The van der Waals surface area contributed by atoms with Gasteiger partial charge in [-0.05, 0) is 50.6 Å². The molecule has 2 aromatic heterocycles. The van der Waals surface area contributed by atoms with Crippen LogP contribution in [0.4, 0.5) is 0 Å². The van der Waals surface area contributed by atoms with Crippen LogP contribution in [-0.2, 0) is 17.8 Å². The molecule has 9 nitrogen and oxygen atoms in total. The van der Waals surface area contributed by atoms with E-state index < -0.39 is 24.0 Å². The molecule has 0 spiro atoms. The smallest absolute Gasteiger partial charge is 0.550 e. The quantitative estimate of drug-likeness (QED) is 0.358. The number of hydrogen-bond acceptors (Lipinski definition) is 7. The monoisotopic (exact) mass is 521 g/mol. The van der Waals surface area contributed by atoms with E-state index in [2.05, 4.69) is 25.5 Å². The van der Waals surface area contributed by atoms with Crippen molar-refractivity contribution in [1.29, 1.82) is 0 Å². The molecule has 3 aromatic rings. The molecule has 0 bridgehead atoms. The van der Waals surface area contributed by atoms with Gasteiger partial charge in [-0.25, -0.2) is 4.98 Å². The van der Waals surface area contributed by atoms with Crippen molar-refractivity contribution in [1.82, 2.24) is 25.5 Å². The number of aromatic nitrogens is 2. The minimum atomic E-state index is -1.15. The van der Waals surface area contributed by atoms with Crippen LogP contribution in [0, 0.1) is 5.92 Å². The van der Waals surface area contributed by atoms with Gasteiger partial charge < -0.3 is 30.4 Å². The first-order valence-corrected chi connectivity index (χ1v) is 12.7. The summed E-state index contributed by atoms with van der Waals surface area (Å²) in [7, 11) is 2.03. The maximum atomic E-state index is 13.0. The fourth-order valence-electron chi connectivity index (χ4n) is 4.84. The van der Waals surface area contributed by atoms with Crippen LogP contribution in [0.3, 0.4) is 0 Å². The van der Waals surface area contributed by atoms with Crippen molar-refractivity contribution in [2.45, 2.75) is 44.3 Å². The average Bonchev–Trinajstić information content (AvgIpc) is 3.43. The van der Waals surface area contributed by atoms with Crippen molar-refractivity contribution in [2.24, 2.45) is 5.92 Å². The number of rotatable bonds is 5. The first-order chi connectivity index (χ1) is 16.8. The molecule has 36 heavy (non-hydrogen) atoms. The Hall–Kier alpha value is -2.35. The van der Waals surface area contributed by atoms with Crippen molar-refractivity contribution < 1.29 is 38.4 Å². The Labute approximate surface area is 229 Å². The summed E-state index contributed by atoms with van der Waals surface area (Å²) in [4.78, 5) is 48.5. The number of aromatic amines is 1. The molecule has 1 fully saturated rings. The van der Waals surface area contributed by atoms with Crippen molar-refractivity contribution >= 4 is 51.6 Å². The molecule has 3 heterocycles. The Balaban J connectivity index is 0.00000304. The number of benzene rings is 1. The normalized spacial score (nSPS) is 21.9. The molecule has 12 heteroatoms. The zero-order chi connectivity index (χ0) is 24.7. The number of aliphatic carboxylic acids is 1. The molecular formula is C24H25ClLiN5O4S. The molecule has 5 rings (SSSR count). The van der Waals surface area contributed by atoms with Crippen LogP contribution < -0.4 is 34.6 Å². The summed E-state index contributed by atoms with van der Waals surface area (Å²) < 4.78 is 0. The molecule has 0 unspecified atom stereocenters. The van der Waals surface area contributed by atoms with Crippen LogP contribution in [0.1, 0.15) is 50.1 Å². The molecule has 0 radical (unpaired) electrons. The summed E-state index contributed by atoms with van der Waals surface area (Å²) in [6.07, 6.45) is 1.75. The fourth-order valence-corrected chi connectivity index (χ4v) is 6.11. The molecule has 1 aliphatic heterocycles. The number of carboxylic acids is 1. The average molecular weight is 522 g/mol. The van der Waals surface area contributed by atoms with Gasteiger partial charge in [0.15, 0.2) is 5.01 Å². The van der Waals surface area contributed by atoms with E-state index in [0.717, 1.165) is 41.0 Å². The number of H-pyrrole nitrogens is 1. The number of halogens is 1. The third-order valence-electron chi connectivity index (χ3n) is 6.76. The van der Waals surface area contributed by atoms with Gasteiger partial charge in [-0.1, -0.05) is 11.6 Å². The molecule has 1 aliphatic carbocycles. The molecule has 1 saturated carbocycles. The minimum absolute atomic E-state index is 0. The van der Waals surface area contributed by atoms with Gasteiger partial charge in [0, 0.05) is 58.2 Å². The molecule has 3 N–H and O–H groups in total.